The van der Waals surface area contributed by atoms with Crippen LogP contribution in [-0.4, -0.2) is 23.1 Å². The molecule has 4 rings (SSSR count). The number of carbonyl (C=O) groups is 4. The van der Waals surface area contributed by atoms with E-state index in [1.807, 2.05) is 26.0 Å². The largest absolute Gasteiger partial charge is 0.300 e. The third-order valence-corrected chi connectivity index (χ3v) is 6.99. The van der Waals surface area contributed by atoms with Crippen LogP contribution in [0.3, 0.4) is 0 Å². The zero-order valence-electron chi connectivity index (χ0n) is 15.9. The molecule has 0 aliphatic heterocycles. The minimum atomic E-state index is -0.189. The molecule has 1 fully saturated rings. The number of ketones is 4. The van der Waals surface area contributed by atoms with Crippen molar-refractivity contribution in [2.75, 3.05) is 0 Å². The molecule has 28 heavy (non-hydrogen) atoms. The van der Waals surface area contributed by atoms with Gasteiger partial charge in [0.1, 0.15) is 5.78 Å². The third-order valence-electron chi connectivity index (χ3n) is 6.99. The first-order chi connectivity index (χ1) is 12.1. The molecule has 4 aliphatic carbocycles. The van der Waals surface area contributed by atoms with Gasteiger partial charge < -0.3 is 0 Å². The van der Waals surface area contributed by atoms with Crippen LogP contribution in [0.1, 0.15) is 61.8 Å². The van der Waals surface area contributed by atoms with Crippen molar-refractivity contribution in [3.63, 3.8) is 0 Å². The van der Waals surface area contributed by atoms with Crippen molar-refractivity contribution < 1.29 is 19.2 Å². The Kier molecular flexibility index (Phi) is 6.93. The summed E-state index contributed by atoms with van der Waals surface area (Å²) in [5, 5.41) is 0. The van der Waals surface area contributed by atoms with Crippen LogP contribution >= 0.6 is 0 Å². The molecule has 4 nitrogen and oxygen atoms in total. The number of hydrogen-bond donors (Lipinski definition) is 0. The lowest BCUT2D eigenvalue weighted by atomic mass is 9.63. The van der Waals surface area contributed by atoms with Crippen molar-refractivity contribution in [2.45, 2.75) is 61.8 Å². The lowest BCUT2D eigenvalue weighted by Crippen LogP contribution is -2.39. The molecule has 0 heterocycles. The molecule has 0 radical (unpaired) electrons. The van der Waals surface area contributed by atoms with E-state index in [0.717, 1.165) is 0 Å². The van der Waals surface area contributed by atoms with E-state index in [-0.39, 0.29) is 60.7 Å². The van der Waals surface area contributed by atoms with Gasteiger partial charge in [-0.15, -0.1) is 0 Å². The molecule has 0 spiro atoms. The van der Waals surface area contributed by atoms with Gasteiger partial charge in [-0.3, -0.25) is 19.2 Å². The molecule has 4 heteroatoms. The van der Waals surface area contributed by atoms with Gasteiger partial charge in [0.2, 0.25) is 0 Å². The van der Waals surface area contributed by atoms with Crippen molar-refractivity contribution >= 4 is 23.1 Å². The Labute approximate surface area is 169 Å². The predicted octanol–water partition coefficient (Wildman–Crippen LogP) is 4.69. The Bertz CT molecular complexity index is 784. The minimum Gasteiger partial charge on any atom is -0.300 e. The Morgan fingerprint density at radius 1 is 0.857 bits per heavy atom. The van der Waals surface area contributed by atoms with E-state index in [1.165, 1.54) is 6.08 Å². The van der Waals surface area contributed by atoms with Crippen molar-refractivity contribution in [3.05, 3.63) is 36.0 Å². The van der Waals surface area contributed by atoms with Crippen LogP contribution in [0.2, 0.25) is 0 Å². The zero-order valence-corrected chi connectivity index (χ0v) is 15.9. The maximum atomic E-state index is 11.5. The van der Waals surface area contributed by atoms with Crippen LogP contribution in [0.25, 0.3) is 0 Å². The SMILES string of the molecule is C.C.C[C@@H]1CC(=O)C=C2C(=O)C=C[C@]21C.C[C@@H]1CC(=O)CC2C(=O)C=C[C@]21C. The van der Waals surface area contributed by atoms with Crippen molar-refractivity contribution in [1.29, 1.82) is 0 Å². The molecule has 154 valence electrons. The highest BCUT2D eigenvalue weighted by molar-refractivity contribution is 6.13. The van der Waals surface area contributed by atoms with Gasteiger partial charge in [0.05, 0.1) is 0 Å². The first-order valence-electron chi connectivity index (χ1n) is 9.31. The van der Waals surface area contributed by atoms with Gasteiger partial charge in [0.15, 0.2) is 17.3 Å². The Hall–Kier alpha value is -2.10. The number of allylic oxidation sites excluding steroid dienone is 6. The number of Topliss-reactive ketones (excluding diaryl/α,β-unsaturated/α-hetero) is 1. The standard InChI is InChI=1S/C11H14O2.C11H12O2.2CH4/c2*1-7-5-8(12)6-9-10(13)3-4-11(7,9)2;;/h3-4,7,9H,5-6H2,1-2H3;3-4,6-7H,5H2,1-2H3;2*1H4/t7-,9?,11+;7-,11+;;/m11../s1. The lowest BCUT2D eigenvalue weighted by Gasteiger charge is -2.39. The Balaban J connectivity index is 0.000000261. The first kappa shape index (κ1) is 23.9. The fourth-order valence-electron chi connectivity index (χ4n) is 4.59. The monoisotopic (exact) mass is 386 g/mol. The summed E-state index contributed by atoms with van der Waals surface area (Å²) in [6.45, 7) is 8.20. The summed E-state index contributed by atoms with van der Waals surface area (Å²) >= 11 is 0. The normalized spacial score (nSPS) is 37.9. The number of fused-ring (bicyclic) bond motifs is 2. The van der Waals surface area contributed by atoms with E-state index >= 15 is 0 Å². The molecule has 0 bridgehead atoms. The van der Waals surface area contributed by atoms with Gasteiger partial charge in [-0.25, -0.2) is 0 Å². The predicted molar refractivity (Wildman–Crippen MR) is 112 cm³/mol. The number of carbonyl (C=O) groups excluding carboxylic acids is 4. The third kappa shape index (κ3) is 3.74. The summed E-state index contributed by atoms with van der Waals surface area (Å²) in [6.07, 6.45) is 10.3. The molecule has 4 aliphatic rings. The highest BCUT2D eigenvalue weighted by Gasteiger charge is 2.48. The van der Waals surface area contributed by atoms with Crippen molar-refractivity contribution in [2.24, 2.45) is 28.6 Å². The van der Waals surface area contributed by atoms with Gasteiger partial charge in [0.25, 0.3) is 0 Å². The van der Waals surface area contributed by atoms with E-state index < -0.39 is 0 Å². The molecular weight excluding hydrogens is 352 g/mol. The summed E-state index contributed by atoms with van der Waals surface area (Å²) < 4.78 is 0. The quantitative estimate of drug-likeness (QED) is 0.606. The number of hydrogen-bond acceptors (Lipinski definition) is 4. The van der Waals surface area contributed by atoms with Crippen molar-refractivity contribution in [1.82, 2.24) is 0 Å². The molecule has 0 saturated heterocycles. The molecule has 0 aromatic heterocycles. The van der Waals surface area contributed by atoms with Crippen LogP contribution in [0.5, 0.6) is 0 Å². The van der Waals surface area contributed by atoms with Gasteiger partial charge in [-0.2, -0.15) is 0 Å². The Morgan fingerprint density at radius 3 is 2.14 bits per heavy atom. The molecule has 1 saturated carbocycles. The summed E-state index contributed by atoms with van der Waals surface area (Å²) in [5.41, 5.74) is 0.437. The van der Waals surface area contributed by atoms with E-state index in [4.69, 9.17) is 0 Å². The van der Waals surface area contributed by atoms with Crippen LogP contribution in [0.15, 0.2) is 36.0 Å². The van der Waals surface area contributed by atoms with Crippen molar-refractivity contribution in [3.8, 4) is 0 Å². The van der Waals surface area contributed by atoms with Crippen LogP contribution in [0, 0.1) is 28.6 Å². The van der Waals surface area contributed by atoms with Gasteiger partial charge >= 0.3 is 0 Å². The Morgan fingerprint density at radius 2 is 1.50 bits per heavy atom. The van der Waals surface area contributed by atoms with E-state index in [9.17, 15) is 19.2 Å². The molecule has 0 aromatic carbocycles. The minimum absolute atomic E-state index is 0. The molecule has 1 unspecified atom stereocenters. The summed E-state index contributed by atoms with van der Waals surface area (Å²) in [5.74, 6) is 0.946. The summed E-state index contributed by atoms with van der Waals surface area (Å²) in [7, 11) is 0. The van der Waals surface area contributed by atoms with E-state index in [0.29, 0.717) is 30.8 Å². The van der Waals surface area contributed by atoms with Gasteiger partial charge in [-0.05, 0) is 35.5 Å². The fraction of sp³-hybridized carbons (Fsp3) is 0.583. The average Bonchev–Trinajstić information content (AvgIpc) is 3.02. The highest BCUT2D eigenvalue weighted by Crippen LogP contribution is 2.48. The second-order valence-corrected chi connectivity index (χ2v) is 8.61. The van der Waals surface area contributed by atoms with Gasteiger partial charge in [-0.1, -0.05) is 54.7 Å². The molecule has 0 amide bonds. The van der Waals surface area contributed by atoms with Crippen LogP contribution in [0.4, 0.5) is 0 Å². The topological polar surface area (TPSA) is 68.3 Å². The zero-order chi connectivity index (χ0) is 19.3. The molecule has 0 aromatic rings. The smallest absolute Gasteiger partial charge is 0.182 e. The van der Waals surface area contributed by atoms with Crippen LogP contribution < -0.4 is 0 Å². The number of rotatable bonds is 0. The van der Waals surface area contributed by atoms with E-state index in [2.05, 4.69) is 13.8 Å². The highest BCUT2D eigenvalue weighted by atomic mass is 16.1. The second-order valence-electron chi connectivity index (χ2n) is 8.61. The maximum Gasteiger partial charge on any atom is 0.182 e. The second kappa shape index (κ2) is 8.10. The summed E-state index contributed by atoms with van der Waals surface area (Å²) in [6, 6.07) is 0. The van der Waals surface area contributed by atoms with Crippen LogP contribution in [-0.2, 0) is 19.2 Å². The average molecular weight is 387 g/mol. The maximum absolute atomic E-state index is 11.5. The first-order valence-corrected chi connectivity index (χ1v) is 9.31. The summed E-state index contributed by atoms with van der Waals surface area (Å²) in [4.78, 5) is 45.4. The molecular formula is C24H34O4. The molecule has 0 N–H and O–H groups in total. The fourth-order valence-corrected chi connectivity index (χ4v) is 4.59. The lowest BCUT2D eigenvalue weighted by molar-refractivity contribution is -0.132. The van der Waals surface area contributed by atoms with E-state index in [1.54, 1.807) is 12.2 Å². The molecule has 5 atom stereocenters. The van der Waals surface area contributed by atoms with Gasteiger partial charge in [0, 0.05) is 36.2 Å².